The number of alkyl carbamates (subject to hydrolysis) is 1. The first-order valence-corrected chi connectivity index (χ1v) is 10.2. The SMILES string of the molecule is O=C(O)CCC(OC(=O)NCCCCC(NC(=O)c1ccc(Br)cc1F)C(=O)O)C(=O)O. The smallest absolute Gasteiger partial charge is 0.407 e. The van der Waals surface area contributed by atoms with E-state index in [1.165, 1.54) is 12.1 Å². The molecule has 0 aliphatic carbocycles. The first-order chi connectivity index (χ1) is 15.0. The number of ether oxygens (including phenoxy) is 1. The quantitative estimate of drug-likeness (QED) is 0.243. The summed E-state index contributed by atoms with van der Waals surface area (Å²) in [6.45, 7) is 0.0196. The van der Waals surface area contributed by atoms with Crippen LogP contribution < -0.4 is 10.6 Å². The highest BCUT2D eigenvalue weighted by Gasteiger charge is 2.24. The fourth-order valence-electron chi connectivity index (χ4n) is 2.49. The zero-order valence-electron chi connectivity index (χ0n) is 16.7. The maximum atomic E-state index is 13.9. The van der Waals surface area contributed by atoms with Crippen molar-refractivity contribution in [3.8, 4) is 0 Å². The minimum atomic E-state index is -1.61. The second-order valence-electron chi connectivity index (χ2n) is 6.58. The number of hydrogen-bond acceptors (Lipinski definition) is 6. The highest BCUT2D eigenvalue weighted by atomic mass is 79.9. The number of halogens is 2. The number of hydrogen-bond donors (Lipinski definition) is 5. The molecule has 11 nitrogen and oxygen atoms in total. The van der Waals surface area contributed by atoms with Gasteiger partial charge in [0.15, 0.2) is 0 Å². The largest absolute Gasteiger partial charge is 0.481 e. The van der Waals surface area contributed by atoms with Gasteiger partial charge < -0.3 is 30.7 Å². The summed E-state index contributed by atoms with van der Waals surface area (Å²) in [5.74, 6) is -5.73. The van der Waals surface area contributed by atoms with Gasteiger partial charge in [-0.1, -0.05) is 15.9 Å². The van der Waals surface area contributed by atoms with Gasteiger partial charge in [0.25, 0.3) is 5.91 Å². The van der Waals surface area contributed by atoms with E-state index in [-0.39, 0.29) is 31.4 Å². The van der Waals surface area contributed by atoms with Crippen LogP contribution in [0.15, 0.2) is 22.7 Å². The number of carbonyl (C=O) groups excluding carboxylic acids is 2. The number of aliphatic carboxylic acids is 3. The van der Waals surface area contributed by atoms with Crippen molar-refractivity contribution in [3.63, 3.8) is 0 Å². The van der Waals surface area contributed by atoms with Crippen LogP contribution in [0.25, 0.3) is 0 Å². The van der Waals surface area contributed by atoms with E-state index in [9.17, 15) is 33.5 Å². The molecule has 0 bridgehead atoms. The first kappa shape index (κ1) is 26.8. The van der Waals surface area contributed by atoms with E-state index in [4.69, 9.17) is 10.2 Å². The summed E-state index contributed by atoms with van der Waals surface area (Å²) in [6.07, 6.45) is -3.04. The van der Waals surface area contributed by atoms with Gasteiger partial charge >= 0.3 is 24.0 Å². The van der Waals surface area contributed by atoms with Crippen molar-refractivity contribution < 1.29 is 48.4 Å². The lowest BCUT2D eigenvalue weighted by molar-refractivity contribution is -0.148. The zero-order valence-corrected chi connectivity index (χ0v) is 18.3. The summed E-state index contributed by atoms with van der Waals surface area (Å²) in [5.41, 5.74) is -0.306. The average Bonchev–Trinajstić information content (AvgIpc) is 2.69. The third-order valence-corrected chi connectivity index (χ3v) is 4.61. The second kappa shape index (κ2) is 13.2. The molecule has 5 N–H and O–H groups in total. The van der Waals surface area contributed by atoms with Crippen LogP contribution in [0.4, 0.5) is 9.18 Å². The molecule has 2 amide bonds. The molecule has 0 saturated carbocycles. The van der Waals surface area contributed by atoms with Gasteiger partial charge in [-0.2, -0.15) is 0 Å². The molecule has 0 aliphatic heterocycles. The molecule has 1 rings (SSSR count). The molecule has 32 heavy (non-hydrogen) atoms. The molecule has 0 saturated heterocycles. The minimum absolute atomic E-state index is 0.00763. The lowest BCUT2D eigenvalue weighted by Crippen LogP contribution is -2.41. The summed E-state index contributed by atoms with van der Waals surface area (Å²) in [5, 5.41) is 31.3. The van der Waals surface area contributed by atoms with Crippen molar-refractivity contribution in [1.82, 2.24) is 10.6 Å². The number of rotatable bonds is 13. The summed E-state index contributed by atoms with van der Waals surface area (Å²) >= 11 is 3.05. The first-order valence-electron chi connectivity index (χ1n) is 9.39. The monoisotopic (exact) mass is 520 g/mol. The van der Waals surface area contributed by atoms with E-state index < -0.39 is 60.7 Å². The summed E-state index contributed by atoms with van der Waals surface area (Å²) in [4.78, 5) is 56.6. The Hall–Kier alpha value is -3.22. The second-order valence-corrected chi connectivity index (χ2v) is 7.49. The molecule has 0 aromatic heterocycles. The molecule has 0 heterocycles. The molecule has 1 aromatic rings. The summed E-state index contributed by atoms with van der Waals surface area (Å²) in [7, 11) is 0. The van der Waals surface area contributed by atoms with Crippen LogP contribution in [0.3, 0.4) is 0 Å². The Balaban J connectivity index is 2.43. The third-order valence-electron chi connectivity index (χ3n) is 4.11. The predicted molar refractivity (Wildman–Crippen MR) is 110 cm³/mol. The van der Waals surface area contributed by atoms with Gasteiger partial charge in [-0.25, -0.2) is 18.8 Å². The Kier molecular flexibility index (Phi) is 11.1. The van der Waals surface area contributed by atoms with Gasteiger partial charge in [0.05, 0.1) is 5.56 Å². The fraction of sp³-hybridized carbons (Fsp3) is 0.421. The van der Waals surface area contributed by atoms with Crippen LogP contribution in [0, 0.1) is 5.82 Å². The highest BCUT2D eigenvalue weighted by molar-refractivity contribution is 9.10. The molecule has 0 fully saturated rings. The standard InChI is InChI=1S/C19H22BrFN2O9/c20-10-4-5-11(12(21)9-10)16(26)23-13(17(27)28)3-1-2-8-22-19(31)32-14(18(29)30)6-7-15(24)25/h4-5,9,13-14H,1-3,6-8H2,(H,22,31)(H,23,26)(H,24,25)(H,27,28)(H,29,30). The molecule has 0 spiro atoms. The number of amides is 2. The van der Waals surface area contributed by atoms with Crippen LogP contribution >= 0.6 is 15.9 Å². The van der Waals surface area contributed by atoms with Gasteiger partial charge in [-0.3, -0.25) is 9.59 Å². The van der Waals surface area contributed by atoms with E-state index in [1.54, 1.807) is 0 Å². The van der Waals surface area contributed by atoms with Crippen molar-refractivity contribution in [1.29, 1.82) is 0 Å². The Morgan fingerprint density at radius 2 is 1.72 bits per heavy atom. The average molecular weight is 521 g/mol. The number of unbranched alkanes of at least 4 members (excludes halogenated alkanes) is 1. The van der Waals surface area contributed by atoms with Crippen molar-refractivity contribution in [2.75, 3.05) is 6.54 Å². The predicted octanol–water partition coefficient (Wildman–Crippen LogP) is 1.99. The number of carboxylic acids is 3. The molecule has 13 heteroatoms. The van der Waals surface area contributed by atoms with Crippen molar-refractivity contribution in [2.24, 2.45) is 0 Å². The minimum Gasteiger partial charge on any atom is -0.481 e. The molecule has 1 aromatic carbocycles. The van der Waals surface area contributed by atoms with Gasteiger partial charge in [-0.05, 0) is 37.5 Å². The van der Waals surface area contributed by atoms with Crippen LogP contribution in [0.5, 0.6) is 0 Å². The lowest BCUT2D eigenvalue weighted by atomic mass is 10.1. The van der Waals surface area contributed by atoms with Gasteiger partial charge in [0.1, 0.15) is 11.9 Å². The zero-order chi connectivity index (χ0) is 24.3. The third kappa shape index (κ3) is 9.73. The van der Waals surface area contributed by atoms with E-state index >= 15 is 0 Å². The number of nitrogens with one attached hydrogen (secondary N) is 2. The summed E-state index contributed by atoms with van der Waals surface area (Å²) in [6, 6.07) is 2.44. The molecule has 2 atom stereocenters. The van der Waals surface area contributed by atoms with Gasteiger partial charge in [0.2, 0.25) is 6.10 Å². The lowest BCUT2D eigenvalue weighted by Gasteiger charge is -2.15. The van der Waals surface area contributed by atoms with E-state index in [0.717, 1.165) is 6.07 Å². The molecule has 0 aliphatic rings. The Morgan fingerprint density at radius 3 is 2.28 bits per heavy atom. The van der Waals surface area contributed by atoms with E-state index in [1.807, 2.05) is 0 Å². The molecule has 2 unspecified atom stereocenters. The normalized spacial score (nSPS) is 12.3. The molecule has 176 valence electrons. The molecule has 0 radical (unpaired) electrons. The molecular weight excluding hydrogens is 499 g/mol. The highest BCUT2D eigenvalue weighted by Crippen LogP contribution is 2.15. The van der Waals surface area contributed by atoms with Crippen molar-refractivity contribution in [3.05, 3.63) is 34.1 Å². The number of carboxylic acid groups (broad SMARTS) is 3. The van der Waals surface area contributed by atoms with Crippen molar-refractivity contribution >= 4 is 45.8 Å². The maximum Gasteiger partial charge on any atom is 0.407 e. The van der Waals surface area contributed by atoms with Gasteiger partial charge in [0, 0.05) is 23.9 Å². The Morgan fingerprint density at radius 1 is 1.03 bits per heavy atom. The van der Waals surface area contributed by atoms with E-state index in [0.29, 0.717) is 4.47 Å². The van der Waals surface area contributed by atoms with E-state index in [2.05, 4.69) is 31.3 Å². The van der Waals surface area contributed by atoms with Crippen LogP contribution in [0.2, 0.25) is 0 Å². The number of benzene rings is 1. The van der Waals surface area contributed by atoms with Crippen molar-refractivity contribution in [2.45, 2.75) is 44.2 Å². The van der Waals surface area contributed by atoms with Gasteiger partial charge in [-0.15, -0.1) is 0 Å². The molecular formula is C19H22BrFN2O9. The topological polar surface area (TPSA) is 179 Å². The fourth-order valence-corrected chi connectivity index (χ4v) is 2.82. The maximum absolute atomic E-state index is 13.9. The van der Waals surface area contributed by atoms with Crippen LogP contribution in [0.1, 0.15) is 42.5 Å². The Labute approximate surface area is 190 Å². The Bertz CT molecular complexity index is 865. The van der Waals surface area contributed by atoms with Crippen LogP contribution in [-0.4, -0.2) is 63.9 Å². The summed E-state index contributed by atoms with van der Waals surface area (Å²) < 4.78 is 18.9. The van der Waals surface area contributed by atoms with Crippen LogP contribution in [-0.2, 0) is 19.1 Å². The number of carbonyl (C=O) groups is 5.